The molecule has 0 aliphatic heterocycles. The van der Waals surface area contributed by atoms with Crippen LogP contribution in [0.5, 0.6) is 0 Å². The van der Waals surface area contributed by atoms with Gasteiger partial charge in [-0.05, 0) is 37.2 Å². The molecule has 0 unspecified atom stereocenters. The SMILES string of the molecule is C=C[C@H](OC(C)=O)[C@H](C(C)C)N(Cc1ccccc1)O[Si](C)(C)C. The minimum atomic E-state index is -1.83. The van der Waals surface area contributed by atoms with Crippen molar-refractivity contribution >= 4 is 14.3 Å². The summed E-state index contributed by atoms with van der Waals surface area (Å²) in [5, 5.41) is 1.99. The second-order valence-electron chi connectivity index (χ2n) is 7.31. The molecule has 0 radical (unpaired) electrons. The fourth-order valence-electron chi connectivity index (χ4n) is 2.64. The molecular weight excluding hydrogens is 318 g/mol. The first-order valence-corrected chi connectivity index (χ1v) is 11.8. The van der Waals surface area contributed by atoms with Gasteiger partial charge in [0.1, 0.15) is 6.10 Å². The quantitative estimate of drug-likeness (QED) is 0.287. The molecule has 5 heteroatoms. The molecule has 1 aromatic rings. The lowest BCUT2D eigenvalue weighted by Crippen LogP contribution is -2.51. The zero-order valence-corrected chi connectivity index (χ0v) is 16.8. The summed E-state index contributed by atoms with van der Waals surface area (Å²) in [5.74, 6) is -0.0781. The number of nitrogens with zero attached hydrogens (tertiary/aromatic N) is 1. The predicted octanol–water partition coefficient (Wildman–Crippen LogP) is 4.40. The Morgan fingerprint density at radius 3 is 2.25 bits per heavy atom. The van der Waals surface area contributed by atoms with Gasteiger partial charge in [0.2, 0.25) is 8.32 Å². The Morgan fingerprint density at radius 1 is 1.25 bits per heavy atom. The highest BCUT2D eigenvalue weighted by Gasteiger charge is 2.34. The third kappa shape index (κ3) is 6.99. The van der Waals surface area contributed by atoms with Crippen LogP contribution in [-0.4, -0.2) is 31.5 Å². The van der Waals surface area contributed by atoms with E-state index in [9.17, 15) is 4.79 Å². The van der Waals surface area contributed by atoms with Gasteiger partial charge in [-0.25, -0.2) is 0 Å². The zero-order chi connectivity index (χ0) is 18.3. The van der Waals surface area contributed by atoms with Gasteiger partial charge < -0.3 is 9.26 Å². The van der Waals surface area contributed by atoms with Crippen molar-refractivity contribution < 1.29 is 14.1 Å². The van der Waals surface area contributed by atoms with Gasteiger partial charge in [-0.15, -0.1) is 0 Å². The molecule has 0 bridgehead atoms. The Kier molecular flexibility index (Phi) is 7.86. The van der Waals surface area contributed by atoms with Gasteiger partial charge in [0, 0.05) is 13.5 Å². The average molecular weight is 350 g/mol. The summed E-state index contributed by atoms with van der Waals surface area (Å²) in [7, 11) is -1.83. The largest absolute Gasteiger partial charge is 0.457 e. The highest BCUT2D eigenvalue weighted by Crippen LogP contribution is 2.24. The number of hydrogen-bond donors (Lipinski definition) is 0. The van der Waals surface area contributed by atoms with E-state index in [2.05, 4.69) is 52.2 Å². The van der Waals surface area contributed by atoms with E-state index in [4.69, 9.17) is 9.26 Å². The molecule has 0 fully saturated rings. The van der Waals surface area contributed by atoms with E-state index in [0.29, 0.717) is 6.54 Å². The summed E-state index contributed by atoms with van der Waals surface area (Å²) in [5.41, 5.74) is 1.16. The number of carbonyl (C=O) groups excluding carboxylic acids is 1. The predicted molar refractivity (Wildman–Crippen MR) is 101 cm³/mol. The van der Waals surface area contributed by atoms with Crippen molar-refractivity contribution in [2.75, 3.05) is 0 Å². The van der Waals surface area contributed by atoms with Gasteiger partial charge in [0.15, 0.2) is 0 Å². The molecule has 0 aromatic heterocycles. The first-order valence-electron chi connectivity index (χ1n) is 8.43. The molecule has 0 aliphatic carbocycles. The van der Waals surface area contributed by atoms with Crippen molar-refractivity contribution in [3.63, 3.8) is 0 Å². The number of carbonyl (C=O) groups is 1. The maximum absolute atomic E-state index is 11.5. The molecule has 0 aliphatic rings. The van der Waals surface area contributed by atoms with Crippen LogP contribution in [0.3, 0.4) is 0 Å². The monoisotopic (exact) mass is 349 g/mol. The minimum Gasteiger partial charge on any atom is -0.457 e. The number of hydroxylamine groups is 2. The lowest BCUT2D eigenvalue weighted by Gasteiger charge is -2.40. The molecule has 2 atom stereocenters. The molecular formula is C19H31NO3Si. The van der Waals surface area contributed by atoms with Crippen molar-refractivity contribution in [3.8, 4) is 0 Å². The normalized spacial score (nSPS) is 14.5. The van der Waals surface area contributed by atoms with E-state index in [1.54, 1.807) is 6.08 Å². The van der Waals surface area contributed by atoms with E-state index >= 15 is 0 Å². The van der Waals surface area contributed by atoms with Gasteiger partial charge >= 0.3 is 5.97 Å². The van der Waals surface area contributed by atoms with Crippen molar-refractivity contribution in [1.29, 1.82) is 0 Å². The maximum Gasteiger partial charge on any atom is 0.303 e. The van der Waals surface area contributed by atoms with Crippen LogP contribution in [0.4, 0.5) is 0 Å². The third-order valence-corrected chi connectivity index (χ3v) is 4.24. The van der Waals surface area contributed by atoms with Crippen LogP contribution in [0.15, 0.2) is 43.0 Å². The molecule has 0 N–H and O–H groups in total. The second-order valence-corrected chi connectivity index (χ2v) is 11.7. The van der Waals surface area contributed by atoms with E-state index in [-0.39, 0.29) is 17.9 Å². The first-order chi connectivity index (χ1) is 11.1. The van der Waals surface area contributed by atoms with Gasteiger partial charge in [0.05, 0.1) is 6.04 Å². The molecule has 0 heterocycles. The van der Waals surface area contributed by atoms with Crippen LogP contribution < -0.4 is 0 Å². The number of benzene rings is 1. The summed E-state index contributed by atoms with van der Waals surface area (Å²) in [6.45, 7) is 16.6. The number of rotatable bonds is 9. The Morgan fingerprint density at radius 2 is 1.83 bits per heavy atom. The molecule has 134 valence electrons. The number of esters is 1. The topological polar surface area (TPSA) is 38.8 Å². The lowest BCUT2D eigenvalue weighted by atomic mass is 9.97. The summed E-state index contributed by atoms with van der Waals surface area (Å²) in [4.78, 5) is 11.5. The van der Waals surface area contributed by atoms with E-state index in [1.807, 2.05) is 23.3 Å². The van der Waals surface area contributed by atoms with E-state index in [1.165, 1.54) is 6.92 Å². The van der Waals surface area contributed by atoms with Crippen LogP contribution in [0.2, 0.25) is 19.6 Å². The highest BCUT2D eigenvalue weighted by atomic mass is 28.4. The Hall–Kier alpha value is -1.43. The molecule has 1 aromatic carbocycles. The van der Waals surface area contributed by atoms with Crippen LogP contribution in [0.1, 0.15) is 26.3 Å². The highest BCUT2D eigenvalue weighted by molar-refractivity contribution is 6.69. The molecule has 24 heavy (non-hydrogen) atoms. The molecule has 4 nitrogen and oxygen atoms in total. The molecule has 0 amide bonds. The molecule has 0 spiro atoms. The summed E-state index contributed by atoms with van der Waals surface area (Å²) in [6, 6.07) is 10.1. The van der Waals surface area contributed by atoms with E-state index < -0.39 is 14.4 Å². The summed E-state index contributed by atoms with van der Waals surface area (Å²) >= 11 is 0. The van der Waals surface area contributed by atoms with Gasteiger partial charge in [-0.1, -0.05) is 50.8 Å². The van der Waals surface area contributed by atoms with Gasteiger partial charge in [0.25, 0.3) is 0 Å². The van der Waals surface area contributed by atoms with E-state index in [0.717, 1.165) is 5.56 Å². The average Bonchev–Trinajstić information content (AvgIpc) is 2.45. The maximum atomic E-state index is 11.5. The first kappa shape index (κ1) is 20.6. The van der Waals surface area contributed by atoms with Crippen LogP contribution in [0.25, 0.3) is 0 Å². The third-order valence-electron chi connectivity index (χ3n) is 3.46. The van der Waals surface area contributed by atoms with Gasteiger partial charge in [-0.2, -0.15) is 5.06 Å². The van der Waals surface area contributed by atoms with Crippen LogP contribution in [-0.2, 0) is 20.6 Å². The smallest absolute Gasteiger partial charge is 0.303 e. The zero-order valence-electron chi connectivity index (χ0n) is 15.8. The molecule has 0 saturated carbocycles. The molecule has 1 rings (SSSR count). The Bertz CT molecular complexity index is 525. The van der Waals surface area contributed by atoms with Crippen molar-refractivity contribution in [2.24, 2.45) is 5.92 Å². The summed E-state index contributed by atoms with van der Waals surface area (Å²) in [6.07, 6.45) is 1.28. The minimum absolute atomic E-state index is 0.0988. The van der Waals surface area contributed by atoms with Crippen molar-refractivity contribution in [1.82, 2.24) is 5.06 Å². The van der Waals surface area contributed by atoms with Crippen molar-refractivity contribution in [3.05, 3.63) is 48.6 Å². The molecule has 0 saturated heterocycles. The van der Waals surface area contributed by atoms with Gasteiger partial charge in [-0.3, -0.25) is 4.79 Å². The Labute approximate surface area is 147 Å². The fraction of sp³-hybridized carbons (Fsp3) is 0.526. The van der Waals surface area contributed by atoms with Crippen molar-refractivity contribution in [2.45, 2.75) is 59.1 Å². The standard InChI is InChI=1S/C19H31NO3Si/c1-8-18(22-16(4)21)19(15(2)3)20(23-24(5,6)7)14-17-12-10-9-11-13-17/h8-13,15,18-19H,1,14H2,2-7H3/t18-,19-/m0/s1. The fourth-order valence-corrected chi connectivity index (χ4v) is 3.53. The number of ether oxygens (including phenoxy) is 1. The number of hydrogen-bond acceptors (Lipinski definition) is 4. The van der Waals surface area contributed by atoms with Crippen LogP contribution >= 0.6 is 0 Å². The Balaban J connectivity index is 3.14. The summed E-state index contributed by atoms with van der Waals surface area (Å²) < 4.78 is 11.9. The van der Waals surface area contributed by atoms with Crippen LogP contribution in [0, 0.1) is 5.92 Å². The second kappa shape index (κ2) is 9.16. The lowest BCUT2D eigenvalue weighted by molar-refractivity contribution is -0.171.